The second-order valence-corrected chi connectivity index (χ2v) is 7.35. The van der Waals surface area contributed by atoms with E-state index in [1.165, 1.54) is 35.6 Å². The van der Waals surface area contributed by atoms with Gasteiger partial charge < -0.3 is 10.2 Å². The third-order valence-corrected chi connectivity index (χ3v) is 5.33. The molecule has 27 heavy (non-hydrogen) atoms. The Kier molecular flexibility index (Phi) is 6.36. The molecule has 1 aliphatic rings. The topological polar surface area (TPSA) is 77.6 Å². The molecule has 0 saturated carbocycles. The van der Waals surface area contributed by atoms with Gasteiger partial charge in [0, 0.05) is 42.9 Å². The summed E-state index contributed by atoms with van der Waals surface area (Å²) in [5, 5.41) is 6.18. The standard InChI is InChI=1S/C18H22FN5O2S/c1-2-15-11-20-17(27-15)22-18(26)24-9-7-23(8-10-24)12-16(25)21-14-5-3-13(19)4-6-14/h3-6,11H,2,7-10,12H2,1H3,(H,21,25)(H,20,22,26). The summed E-state index contributed by atoms with van der Waals surface area (Å²) in [6.45, 7) is 4.59. The van der Waals surface area contributed by atoms with E-state index in [1.807, 2.05) is 11.8 Å². The minimum Gasteiger partial charge on any atom is -0.325 e. The zero-order valence-electron chi connectivity index (χ0n) is 15.1. The summed E-state index contributed by atoms with van der Waals surface area (Å²) in [6, 6.07) is 5.50. The van der Waals surface area contributed by atoms with Crippen LogP contribution in [0.15, 0.2) is 30.5 Å². The predicted molar refractivity (Wildman–Crippen MR) is 104 cm³/mol. The van der Waals surface area contributed by atoms with E-state index in [2.05, 4.69) is 15.6 Å². The van der Waals surface area contributed by atoms with Crippen LogP contribution < -0.4 is 10.6 Å². The zero-order valence-corrected chi connectivity index (χ0v) is 15.9. The van der Waals surface area contributed by atoms with Crippen molar-refractivity contribution in [3.05, 3.63) is 41.2 Å². The normalized spacial score (nSPS) is 14.8. The fraction of sp³-hybridized carbons (Fsp3) is 0.389. The second-order valence-electron chi connectivity index (χ2n) is 6.23. The van der Waals surface area contributed by atoms with Crippen LogP contribution in [0, 0.1) is 5.82 Å². The first-order valence-corrected chi connectivity index (χ1v) is 9.63. The van der Waals surface area contributed by atoms with Crippen molar-refractivity contribution in [1.29, 1.82) is 0 Å². The van der Waals surface area contributed by atoms with Gasteiger partial charge in [-0.1, -0.05) is 6.92 Å². The van der Waals surface area contributed by atoms with Crippen LogP contribution in [-0.4, -0.2) is 59.4 Å². The molecule has 7 nitrogen and oxygen atoms in total. The van der Waals surface area contributed by atoms with Gasteiger partial charge >= 0.3 is 6.03 Å². The number of aromatic nitrogens is 1. The van der Waals surface area contributed by atoms with Crippen molar-refractivity contribution < 1.29 is 14.0 Å². The van der Waals surface area contributed by atoms with Gasteiger partial charge in [0.25, 0.3) is 0 Å². The third-order valence-electron chi connectivity index (χ3n) is 4.27. The maximum absolute atomic E-state index is 12.9. The number of hydrogen-bond donors (Lipinski definition) is 2. The molecule has 3 amide bonds. The molecule has 2 N–H and O–H groups in total. The number of amides is 3. The number of hydrogen-bond acceptors (Lipinski definition) is 5. The van der Waals surface area contributed by atoms with E-state index in [-0.39, 0.29) is 24.3 Å². The van der Waals surface area contributed by atoms with Crippen molar-refractivity contribution in [2.75, 3.05) is 43.4 Å². The molecule has 0 atom stereocenters. The van der Waals surface area contributed by atoms with Gasteiger partial charge in [-0.2, -0.15) is 0 Å². The number of carbonyl (C=O) groups excluding carboxylic acids is 2. The zero-order chi connectivity index (χ0) is 19.2. The molecule has 1 fully saturated rings. The molecular weight excluding hydrogens is 369 g/mol. The summed E-state index contributed by atoms with van der Waals surface area (Å²) >= 11 is 1.48. The number of urea groups is 1. The van der Waals surface area contributed by atoms with Crippen LogP contribution in [-0.2, 0) is 11.2 Å². The lowest BCUT2D eigenvalue weighted by Crippen LogP contribution is -2.51. The second kappa shape index (κ2) is 8.92. The minimum atomic E-state index is -0.342. The number of carbonyl (C=O) groups is 2. The quantitative estimate of drug-likeness (QED) is 0.821. The SMILES string of the molecule is CCc1cnc(NC(=O)N2CCN(CC(=O)Nc3ccc(F)cc3)CC2)s1. The molecule has 9 heteroatoms. The highest BCUT2D eigenvalue weighted by atomic mass is 32.1. The lowest BCUT2D eigenvalue weighted by Gasteiger charge is -2.34. The van der Waals surface area contributed by atoms with Crippen molar-refractivity contribution in [2.45, 2.75) is 13.3 Å². The van der Waals surface area contributed by atoms with Gasteiger partial charge in [-0.15, -0.1) is 11.3 Å². The number of halogens is 1. The van der Waals surface area contributed by atoms with Crippen molar-refractivity contribution in [2.24, 2.45) is 0 Å². The molecule has 3 rings (SSSR count). The average Bonchev–Trinajstić information content (AvgIpc) is 3.11. The number of nitrogens with zero attached hydrogens (tertiary/aromatic N) is 3. The molecule has 2 heterocycles. The van der Waals surface area contributed by atoms with Gasteiger partial charge in [-0.3, -0.25) is 15.0 Å². The largest absolute Gasteiger partial charge is 0.325 e. The highest BCUT2D eigenvalue weighted by Crippen LogP contribution is 2.19. The van der Waals surface area contributed by atoms with Crippen LogP contribution in [0.2, 0.25) is 0 Å². The van der Waals surface area contributed by atoms with Gasteiger partial charge in [0.05, 0.1) is 6.54 Å². The molecule has 0 bridgehead atoms. The smallest absolute Gasteiger partial charge is 0.323 e. The summed E-state index contributed by atoms with van der Waals surface area (Å²) in [7, 11) is 0. The molecule has 144 valence electrons. The molecule has 2 aromatic rings. The van der Waals surface area contributed by atoms with Crippen molar-refractivity contribution in [3.63, 3.8) is 0 Å². The van der Waals surface area contributed by atoms with Crippen LogP contribution in [0.4, 0.5) is 20.0 Å². The van der Waals surface area contributed by atoms with Crippen molar-refractivity contribution in [3.8, 4) is 0 Å². The minimum absolute atomic E-state index is 0.158. The molecule has 0 unspecified atom stereocenters. The van der Waals surface area contributed by atoms with Crippen molar-refractivity contribution >= 4 is 34.1 Å². The average molecular weight is 391 g/mol. The Labute approximate surface area is 161 Å². The van der Waals surface area contributed by atoms with Crippen LogP contribution in [0.1, 0.15) is 11.8 Å². The Balaban J connectivity index is 1.42. The van der Waals surface area contributed by atoms with Crippen LogP contribution >= 0.6 is 11.3 Å². The van der Waals surface area contributed by atoms with E-state index in [0.29, 0.717) is 37.0 Å². The van der Waals surface area contributed by atoms with Crippen LogP contribution in [0.3, 0.4) is 0 Å². The number of anilines is 2. The lowest BCUT2D eigenvalue weighted by molar-refractivity contribution is -0.117. The maximum atomic E-state index is 12.9. The summed E-state index contributed by atoms with van der Waals surface area (Å²) in [5.74, 6) is -0.500. The molecule has 1 aliphatic heterocycles. The number of piperazine rings is 1. The van der Waals surface area contributed by atoms with E-state index in [4.69, 9.17) is 0 Å². The Hall–Kier alpha value is -2.52. The fourth-order valence-electron chi connectivity index (χ4n) is 2.75. The monoisotopic (exact) mass is 391 g/mol. The number of aryl methyl sites for hydroxylation is 1. The number of nitrogens with one attached hydrogen (secondary N) is 2. The molecule has 1 aromatic carbocycles. The van der Waals surface area contributed by atoms with E-state index < -0.39 is 0 Å². The van der Waals surface area contributed by atoms with E-state index in [9.17, 15) is 14.0 Å². The van der Waals surface area contributed by atoms with Crippen LogP contribution in [0.25, 0.3) is 0 Å². The third kappa shape index (κ3) is 5.48. The maximum Gasteiger partial charge on any atom is 0.323 e. The van der Waals surface area contributed by atoms with Gasteiger partial charge in [0.1, 0.15) is 5.82 Å². The fourth-order valence-corrected chi connectivity index (χ4v) is 3.49. The molecule has 0 spiro atoms. The van der Waals surface area contributed by atoms with E-state index >= 15 is 0 Å². The van der Waals surface area contributed by atoms with Gasteiger partial charge in [-0.05, 0) is 30.7 Å². The summed E-state index contributed by atoms with van der Waals surface area (Å²) < 4.78 is 12.9. The summed E-state index contributed by atoms with van der Waals surface area (Å²) in [6.07, 6.45) is 2.67. The van der Waals surface area contributed by atoms with Crippen LogP contribution in [0.5, 0.6) is 0 Å². The highest BCUT2D eigenvalue weighted by Gasteiger charge is 2.23. The van der Waals surface area contributed by atoms with E-state index in [1.54, 1.807) is 11.1 Å². The van der Waals surface area contributed by atoms with Gasteiger partial charge in [0.15, 0.2) is 5.13 Å². The molecule has 1 saturated heterocycles. The van der Waals surface area contributed by atoms with Gasteiger partial charge in [-0.25, -0.2) is 14.2 Å². The molecule has 0 radical (unpaired) electrons. The summed E-state index contributed by atoms with van der Waals surface area (Å²) in [4.78, 5) is 33.5. The number of thiazole rings is 1. The Bertz CT molecular complexity index is 787. The Morgan fingerprint density at radius 3 is 2.48 bits per heavy atom. The van der Waals surface area contributed by atoms with E-state index in [0.717, 1.165) is 11.3 Å². The molecular formula is C18H22FN5O2S. The number of rotatable bonds is 5. The lowest BCUT2D eigenvalue weighted by atomic mass is 10.3. The highest BCUT2D eigenvalue weighted by molar-refractivity contribution is 7.15. The molecule has 1 aromatic heterocycles. The number of benzene rings is 1. The summed E-state index contributed by atoms with van der Waals surface area (Å²) in [5.41, 5.74) is 0.564. The Morgan fingerprint density at radius 1 is 1.15 bits per heavy atom. The first kappa shape index (κ1) is 19.2. The first-order chi connectivity index (χ1) is 13.0. The molecule has 0 aliphatic carbocycles. The predicted octanol–water partition coefficient (Wildman–Crippen LogP) is 2.63. The van der Waals surface area contributed by atoms with Gasteiger partial charge in [0.2, 0.25) is 5.91 Å². The first-order valence-electron chi connectivity index (χ1n) is 8.82. The van der Waals surface area contributed by atoms with Crippen molar-refractivity contribution in [1.82, 2.24) is 14.8 Å². The Morgan fingerprint density at radius 2 is 1.85 bits per heavy atom.